The van der Waals surface area contributed by atoms with Crippen molar-refractivity contribution in [3.8, 4) is 0 Å². The topological polar surface area (TPSA) is 60.2 Å². The van der Waals surface area contributed by atoms with Gasteiger partial charge in [-0.3, -0.25) is 9.59 Å². The van der Waals surface area contributed by atoms with Crippen molar-refractivity contribution in [3.05, 3.63) is 0 Å². The molecule has 0 bridgehead atoms. The molecule has 0 aromatic rings. The Kier molecular flexibility index (Phi) is 1.51. The van der Waals surface area contributed by atoms with Crippen LogP contribution in [0.15, 0.2) is 0 Å². The highest BCUT2D eigenvalue weighted by Gasteiger charge is 2.25. The van der Waals surface area contributed by atoms with Crippen molar-refractivity contribution < 1.29 is 9.59 Å². The van der Waals surface area contributed by atoms with E-state index in [9.17, 15) is 9.59 Å². The summed E-state index contributed by atoms with van der Waals surface area (Å²) in [6.07, 6.45) is 1.57. The molecular formula is C6H9NO2. The Morgan fingerprint density at radius 3 is 2.56 bits per heavy atom. The maximum atomic E-state index is 10.6. The average Bonchev–Trinajstić information content (AvgIpc) is 2.14. The van der Waals surface area contributed by atoms with Crippen LogP contribution in [-0.4, -0.2) is 11.7 Å². The minimum absolute atomic E-state index is 0.166. The zero-order valence-corrected chi connectivity index (χ0v) is 5.09. The third-order valence-corrected chi connectivity index (χ3v) is 1.65. The molecule has 0 saturated heterocycles. The van der Waals surface area contributed by atoms with Gasteiger partial charge in [-0.05, 0) is 6.42 Å². The van der Waals surface area contributed by atoms with Gasteiger partial charge in [0.05, 0.1) is 0 Å². The molecule has 1 fully saturated rings. The molecule has 0 aromatic heterocycles. The number of rotatable bonds is 1. The number of carbonyl (C=O) groups excluding carboxylic acids is 2. The summed E-state index contributed by atoms with van der Waals surface area (Å²) in [5.41, 5.74) is 4.97. The molecule has 1 aliphatic rings. The Morgan fingerprint density at radius 1 is 1.67 bits per heavy atom. The van der Waals surface area contributed by atoms with E-state index in [2.05, 4.69) is 0 Å². The summed E-state index contributed by atoms with van der Waals surface area (Å²) < 4.78 is 0. The Morgan fingerprint density at radius 2 is 2.33 bits per heavy atom. The summed E-state index contributed by atoms with van der Waals surface area (Å²) in [6.45, 7) is 0. The molecule has 1 saturated carbocycles. The van der Waals surface area contributed by atoms with Gasteiger partial charge in [0.1, 0.15) is 5.78 Å². The number of amides is 1. The molecule has 0 aromatic carbocycles. The van der Waals surface area contributed by atoms with E-state index in [4.69, 9.17) is 5.73 Å². The van der Waals surface area contributed by atoms with Crippen LogP contribution < -0.4 is 5.73 Å². The number of hydrogen-bond donors (Lipinski definition) is 1. The predicted molar refractivity (Wildman–Crippen MR) is 31.5 cm³/mol. The van der Waals surface area contributed by atoms with Crippen LogP contribution >= 0.6 is 0 Å². The summed E-state index contributed by atoms with van der Waals surface area (Å²) in [4.78, 5) is 21.0. The molecule has 0 unspecified atom stereocenters. The van der Waals surface area contributed by atoms with Gasteiger partial charge in [0.25, 0.3) is 0 Å². The Hall–Kier alpha value is -0.860. The van der Waals surface area contributed by atoms with E-state index >= 15 is 0 Å². The zero-order chi connectivity index (χ0) is 6.85. The van der Waals surface area contributed by atoms with E-state index in [0.29, 0.717) is 19.3 Å². The van der Waals surface area contributed by atoms with Crippen molar-refractivity contribution in [2.75, 3.05) is 0 Å². The molecule has 1 rings (SSSR count). The van der Waals surface area contributed by atoms with Crippen molar-refractivity contribution in [3.63, 3.8) is 0 Å². The van der Waals surface area contributed by atoms with Crippen molar-refractivity contribution in [2.24, 2.45) is 11.7 Å². The van der Waals surface area contributed by atoms with Gasteiger partial charge in [0.15, 0.2) is 0 Å². The number of hydrogen-bond acceptors (Lipinski definition) is 2. The Bertz CT molecular complexity index is 153. The first kappa shape index (κ1) is 6.26. The number of ketones is 1. The van der Waals surface area contributed by atoms with E-state index in [-0.39, 0.29) is 17.6 Å². The maximum absolute atomic E-state index is 10.6. The van der Waals surface area contributed by atoms with Crippen LogP contribution in [0.3, 0.4) is 0 Å². The van der Waals surface area contributed by atoms with Crippen molar-refractivity contribution >= 4 is 11.7 Å². The summed E-state index contributed by atoms with van der Waals surface area (Å²) in [5.74, 6) is -0.336. The minimum atomic E-state index is -0.333. The molecule has 3 nitrogen and oxygen atoms in total. The lowest BCUT2D eigenvalue weighted by molar-refractivity contribution is -0.124. The Balaban J connectivity index is 2.48. The summed E-state index contributed by atoms with van der Waals surface area (Å²) in [5, 5.41) is 0. The van der Waals surface area contributed by atoms with Crippen molar-refractivity contribution in [1.82, 2.24) is 0 Å². The molecule has 1 amide bonds. The molecule has 50 valence electrons. The molecule has 1 aliphatic carbocycles. The fourth-order valence-electron chi connectivity index (χ4n) is 1.06. The molecule has 3 heteroatoms. The van der Waals surface area contributed by atoms with Crippen LogP contribution in [0.1, 0.15) is 19.3 Å². The first-order valence-corrected chi connectivity index (χ1v) is 3.01. The smallest absolute Gasteiger partial charge is 0.220 e. The summed E-state index contributed by atoms with van der Waals surface area (Å²) in [7, 11) is 0. The lowest BCUT2D eigenvalue weighted by Crippen LogP contribution is -2.20. The predicted octanol–water partition coefficient (Wildman–Crippen LogP) is -0.159. The monoisotopic (exact) mass is 127 g/mol. The molecule has 0 radical (unpaired) electrons. The second kappa shape index (κ2) is 2.17. The van der Waals surface area contributed by atoms with E-state index in [1.54, 1.807) is 0 Å². The number of carbonyl (C=O) groups is 2. The minimum Gasteiger partial charge on any atom is -0.369 e. The summed E-state index contributed by atoms with van der Waals surface area (Å²) in [6, 6.07) is 0. The summed E-state index contributed by atoms with van der Waals surface area (Å²) >= 11 is 0. The number of nitrogens with two attached hydrogens (primary N) is 1. The number of primary amides is 1. The standard InChI is InChI=1S/C6H9NO2/c7-6(9)4-1-2-5(8)3-4/h4H,1-3H2,(H2,7,9)/t4-/m1/s1. The SMILES string of the molecule is NC(=O)[C@@H]1CCC(=O)C1. The van der Waals surface area contributed by atoms with Gasteiger partial charge in [0.2, 0.25) is 5.91 Å². The normalized spacial score (nSPS) is 26.7. The first-order chi connectivity index (χ1) is 4.20. The van der Waals surface area contributed by atoms with Gasteiger partial charge >= 0.3 is 0 Å². The maximum Gasteiger partial charge on any atom is 0.220 e. The largest absolute Gasteiger partial charge is 0.369 e. The second-order valence-corrected chi connectivity index (χ2v) is 2.38. The zero-order valence-electron chi connectivity index (χ0n) is 5.09. The van der Waals surface area contributed by atoms with Crippen LogP contribution in [-0.2, 0) is 9.59 Å². The van der Waals surface area contributed by atoms with Gasteiger partial charge in [-0.1, -0.05) is 0 Å². The van der Waals surface area contributed by atoms with Crippen LogP contribution in [0.5, 0.6) is 0 Å². The van der Waals surface area contributed by atoms with E-state index in [1.807, 2.05) is 0 Å². The fourth-order valence-corrected chi connectivity index (χ4v) is 1.06. The van der Waals surface area contributed by atoms with Crippen LogP contribution in [0.2, 0.25) is 0 Å². The highest BCUT2D eigenvalue weighted by atomic mass is 16.1. The van der Waals surface area contributed by atoms with E-state index < -0.39 is 0 Å². The van der Waals surface area contributed by atoms with Crippen molar-refractivity contribution in [1.29, 1.82) is 0 Å². The third-order valence-electron chi connectivity index (χ3n) is 1.65. The molecular weight excluding hydrogens is 118 g/mol. The van der Waals surface area contributed by atoms with Crippen LogP contribution in [0.4, 0.5) is 0 Å². The van der Waals surface area contributed by atoms with Crippen molar-refractivity contribution in [2.45, 2.75) is 19.3 Å². The molecule has 2 N–H and O–H groups in total. The molecule has 0 aliphatic heterocycles. The second-order valence-electron chi connectivity index (χ2n) is 2.38. The van der Waals surface area contributed by atoms with E-state index in [1.165, 1.54) is 0 Å². The molecule has 9 heavy (non-hydrogen) atoms. The highest BCUT2D eigenvalue weighted by Crippen LogP contribution is 2.20. The van der Waals surface area contributed by atoms with Crippen LogP contribution in [0.25, 0.3) is 0 Å². The first-order valence-electron chi connectivity index (χ1n) is 3.01. The molecule has 1 atom stereocenters. The average molecular weight is 127 g/mol. The van der Waals surface area contributed by atoms with Gasteiger partial charge in [0, 0.05) is 18.8 Å². The van der Waals surface area contributed by atoms with Gasteiger partial charge in [-0.2, -0.15) is 0 Å². The van der Waals surface area contributed by atoms with Crippen LogP contribution in [0, 0.1) is 5.92 Å². The lowest BCUT2D eigenvalue weighted by Gasteiger charge is -1.97. The van der Waals surface area contributed by atoms with Gasteiger partial charge in [-0.15, -0.1) is 0 Å². The lowest BCUT2D eigenvalue weighted by atomic mass is 10.1. The molecule has 0 spiro atoms. The fraction of sp³-hybridized carbons (Fsp3) is 0.667. The highest BCUT2D eigenvalue weighted by molar-refractivity contribution is 5.89. The number of Topliss-reactive ketones (excluding diaryl/α,β-unsaturated/α-hetero) is 1. The Labute approximate surface area is 53.2 Å². The van der Waals surface area contributed by atoms with Gasteiger partial charge in [-0.25, -0.2) is 0 Å². The quantitative estimate of drug-likeness (QED) is 0.532. The molecule has 0 heterocycles. The van der Waals surface area contributed by atoms with E-state index in [0.717, 1.165) is 0 Å². The third kappa shape index (κ3) is 1.28. The van der Waals surface area contributed by atoms with Gasteiger partial charge < -0.3 is 5.73 Å².